The summed E-state index contributed by atoms with van der Waals surface area (Å²) in [7, 11) is 1.60. The van der Waals surface area contributed by atoms with Gasteiger partial charge in [-0.2, -0.15) is 0 Å². The van der Waals surface area contributed by atoms with E-state index >= 15 is 0 Å². The zero-order valence-corrected chi connectivity index (χ0v) is 15.6. The molecule has 2 aromatic carbocycles. The van der Waals surface area contributed by atoms with Gasteiger partial charge in [0.2, 0.25) is 11.8 Å². The number of thioether (sulfide) groups is 1. The van der Waals surface area contributed by atoms with Gasteiger partial charge in [-0.3, -0.25) is 4.79 Å². The van der Waals surface area contributed by atoms with Crippen molar-refractivity contribution in [3.05, 3.63) is 59.9 Å². The molecule has 3 aromatic rings. The van der Waals surface area contributed by atoms with E-state index in [0.717, 1.165) is 28.6 Å². The van der Waals surface area contributed by atoms with Crippen LogP contribution in [0.15, 0.2) is 58.2 Å². The number of aromatic nitrogens is 2. The number of methoxy groups -OCH3 is 1. The maximum absolute atomic E-state index is 13.0. The average molecular weight is 387 g/mol. The van der Waals surface area contributed by atoms with Crippen LogP contribution in [0.25, 0.3) is 11.5 Å². The lowest BCUT2D eigenvalue weighted by Crippen LogP contribution is -2.28. The highest BCUT2D eigenvalue weighted by Crippen LogP contribution is 2.25. The van der Waals surface area contributed by atoms with Crippen LogP contribution in [0.2, 0.25) is 0 Å². The van der Waals surface area contributed by atoms with E-state index in [1.807, 2.05) is 19.1 Å². The fraction of sp³-hybridized carbons (Fsp3) is 0.211. The van der Waals surface area contributed by atoms with Gasteiger partial charge in [-0.15, -0.1) is 10.2 Å². The van der Waals surface area contributed by atoms with Gasteiger partial charge in [0.15, 0.2) is 0 Å². The summed E-state index contributed by atoms with van der Waals surface area (Å²) in [5.74, 6) is 0.758. The van der Waals surface area contributed by atoms with Crippen molar-refractivity contribution in [1.82, 2.24) is 15.5 Å². The monoisotopic (exact) mass is 387 g/mol. The molecule has 0 unspecified atom stereocenters. The fourth-order valence-electron chi connectivity index (χ4n) is 2.36. The number of benzene rings is 2. The highest BCUT2D eigenvalue weighted by Gasteiger charge is 2.13. The summed E-state index contributed by atoms with van der Waals surface area (Å²) in [4.78, 5) is 12.1. The Bertz CT molecular complexity index is 897. The number of nitrogens with one attached hydrogen (secondary N) is 1. The number of carbonyl (C=O) groups is 1. The Hall–Kier alpha value is -2.87. The quantitative estimate of drug-likeness (QED) is 0.621. The third kappa shape index (κ3) is 5.07. The van der Waals surface area contributed by atoms with Gasteiger partial charge in [0.25, 0.3) is 5.22 Å². The molecule has 140 valence electrons. The van der Waals surface area contributed by atoms with Gasteiger partial charge in [-0.1, -0.05) is 23.9 Å². The largest absolute Gasteiger partial charge is 0.497 e. The molecular formula is C19H18FN3O3S. The van der Waals surface area contributed by atoms with Crippen molar-refractivity contribution in [3.8, 4) is 17.2 Å². The lowest BCUT2D eigenvalue weighted by molar-refractivity contribution is -0.119. The standard InChI is InChI=1S/C19H18FN3O3S/c1-12(13-3-7-15(20)8-4-13)21-17(24)11-27-19-23-22-18(26-19)14-5-9-16(25-2)10-6-14/h3-10,12H,11H2,1-2H3,(H,21,24)/t12-/m1/s1. The minimum atomic E-state index is -0.308. The molecule has 27 heavy (non-hydrogen) atoms. The number of hydrogen-bond acceptors (Lipinski definition) is 6. The normalized spacial score (nSPS) is 11.8. The molecule has 0 spiro atoms. The molecule has 0 aliphatic heterocycles. The summed E-state index contributed by atoms with van der Waals surface area (Å²) >= 11 is 1.15. The first-order valence-corrected chi connectivity index (χ1v) is 9.19. The van der Waals surface area contributed by atoms with Crippen LogP contribution in [-0.4, -0.2) is 29.0 Å². The molecular weight excluding hydrogens is 369 g/mol. The van der Waals surface area contributed by atoms with Crippen LogP contribution < -0.4 is 10.1 Å². The van der Waals surface area contributed by atoms with Crippen LogP contribution in [0.3, 0.4) is 0 Å². The second-order valence-corrected chi connectivity index (χ2v) is 6.66. The second kappa shape index (κ2) is 8.68. The SMILES string of the molecule is COc1ccc(-c2nnc(SCC(=O)N[C@H](C)c3ccc(F)cc3)o2)cc1. The molecule has 0 aliphatic rings. The molecule has 1 N–H and O–H groups in total. The van der Waals surface area contributed by atoms with E-state index in [4.69, 9.17) is 9.15 Å². The van der Waals surface area contributed by atoms with Gasteiger partial charge in [-0.05, 0) is 48.9 Å². The van der Waals surface area contributed by atoms with Crippen LogP contribution in [0.5, 0.6) is 5.75 Å². The van der Waals surface area contributed by atoms with E-state index < -0.39 is 0 Å². The minimum absolute atomic E-state index is 0.135. The summed E-state index contributed by atoms with van der Waals surface area (Å²) in [5.41, 5.74) is 1.60. The second-order valence-electron chi connectivity index (χ2n) is 5.73. The van der Waals surface area contributed by atoms with Gasteiger partial charge in [0.1, 0.15) is 11.6 Å². The molecule has 0 saturated carbocycles. The number of amides is 1. The first-order chi connectivity index (χ1) is 13.0. The molecule has 0 saturated heterocycles. The van der Waals surface area contributed by atoms with Crippen LogP contribution in [0.4, 0.5) is 4.39 Å². The molecule has 0 fully saturated rings. The molecule has 3 rings (SSSR count). The molecule has 1 atom stereocenters. The van der Waals surface area contributed by atoms with E-state index in [2.05, 4.69) is 15.5 Å². The Morgan fingerprint density at radius 3 is 2.56 bits per heavy atom. The van der Waals surface area contributed by atoms with Gasteiger partial charge >= 0.3 is 0 Å². The maximum atomic E-state index is 13.0. The van der Waals surface area contributed by atoms with Crippen molar-refractivity contribution in [1.29, 1.82) is 0 Å². The van der Waals surface area contributed by atoms with Crippen molar-refractivity contribution in [2.24, 2.45) is 0 Å². The zero-order chi connectivity index (χ0) is 19.2. The van der Waals surface area contributed by atoms with Crippen LogP contribution in [-0.2, 0) is 4.79 Å². The molecule has 0 radical (unpaired) electrons. The summed E-state index contributed by atoms with van der Waals surface area (Å²) in [6, 6.07) is 13.0. The average Bonchev–Trinajstić information content (AvgIpc) is 3.16. The number of rotatable bonds is 7. The summed E-state index contributed by atoms with van der Waals surface area (Å²) in [6.45, 7) is 1.84. The van der Waals surface area contributed by atoms with Gasteiger partial charge in [0, 0.05) is 5.56 Å². The summed E-state index contributed by atoms with van der Waals surface area (Å²) in [6.07, 6.45) is 0. The topological polar surface area (TPSA) is 77.2 Å². The number of hydrogen-bond donors (Lipinski definition) is 1. The first-order valence-electron chi connectivity index (χ1n) is 8.20. The smallest absolute Gasteiger partial charge is 0.277 e. The van der Waals surface area contributed by atoms with Crippen LogP contribution >= 0.6 is 11.8 Å². The summed E-state index contributed by atoms with van der Waals surface area (Å²) < 4.78 is 23.6. The number of halogens is 1. The lowest BCUT2D eigenvalue weighted by Gasteiger charge is -2.13. The Morgan fingerprint density at radius 1 is 1.19 bits per heavy atom. The molecule has 1 aromatic heterocycles. The first kappa shape index (κ1) is 18.9. The van der Waals surface area contributed by atoms with E-state index in [0.29, 0.717) is 11.1 Å². The van der Waals surface area contributed by atoms with Crippen molar-refractivity contribution in [3.63, 3.8) is 0 Å². The predicted octanol–water partition coefficient (Wildman–Crippen LogP) is 3.85. The Labute approximate surface area is 160 Å². The molecule has 1 amide bonds. The number of carbonyl (C=O) groups excluding carboxylic acids is 1. The molecule has 8 heteroatoms. The van der Waals surface area contributed by atoms with Crippen molar-refractivity contribution in [2.45, 2.75) is 18.2 Å². The van der Waals surface area contributed by atoms with E-state index in [1.54, 1.807) is 31.4 Å². The minimum Gasteiger partial charge on any atom is -0.497 e. The van der Waals surface area contributed by atoms with E-state index in [9.17, 15) is 9.18 Å². The maximum Gasteiger partial charge on any atom is 0.277 e. The molecule has 0 bridgehead atoms. The molecule has 0 aliphatic carbocycles. The number of nitrogens with zero attached hydrogens (tertiary/aromatic N) is 2. The van der Waals surface area contributed by atoms with Crippen molar-refractivity contribution in [2.75, 3.05) is 12.9 Å². The molecule has 6 nitrogen and oxygen atoms in total. The van der Waals surface area contributed by atoms with Crippen molar-refractivity contribution < 1.29 is 18.3 Å². The third-order valence-electron chi connectivity index (χ3n) is 3.82. The highest BCUT2D eigenvalue weighted by molar-refractivity contribution is 7.99. The van der Waals surface area contributed by atoms with Gasteiger partial charge < -0.3 is 14.5 Å². The third-order valence-corrected chi connectivity index (χ3v) is 4.64. The van der Waals surface area contributed by atoms with E-state index in [1.165, 1.54) is 12.1 Å². The van der Waals surface area contributed by atoms with E-state index in [-0.39, 0.29) is 23.5 Å². The Morgan fingerprint density at radius 2 is 1.89 bits per heavy atom. The van der Waals surface area contributed by atoms with Gasteiger partial charge in [-0.25, -0.2) is 4.39 Å². The highest BCUT2D eigenvalue weighted by atomic mass is 32.2. The fourth-order valence-corrected chi connectivity index (χ4v) is 2.94. The number of ether oxygens (including phenoxy) is 1. The zero-order valence-electron chi connectivity index (χ0n) is 14.8. The Kier molecular flexibility index (Phi) is 6.08. The van der Waals surface area contributed by atoms with Crippen LogP contribution in [0.1, 0.15) is 18.5 Å². The van der Waals surface area contributed by atoms with Crippen molar-refractivity contribution >= 4 is 17.7 Å². The molecule has 1 heterocycles. The van der Waals surface area contributed by atoms with Gasteiger partial charge in [0.05, 0.1) is 18.9 Å². The summed E-state index contributed by atoms with van der Waals surface area (Å²) in [5, 5.41) is 11.1. The van der Waals surface area contributed by atoms with Crippen LogP contribution in [0, 0.1) is 5.82 Å². The Balaban J connectivity index is 1.53. The predicted molar refractivity (Wildman–Crippen MR) is 100.0 cm³/mol. The lowest BCUT2D eigenvalue weighted by atomic mass is 10.1.